The lowest BCUT2D eigenvalue weighted by Crippen LogP contribution is -2.65. The first kappa shape index (κ1) is 16.1. The van der Waals surface area contributed by atoms with Gasteiger partial charge in [0.1, 0.15) is 0 Å². The molecular weight excluding hydrogens is 324 g/mol. The maximum Gasteiger partial charge on any atom is 0.408 e. The van der Waals surface area contributed by atoms with Crippen molar-refractivity contribution in [3.63, 3.8) is 0 Å². The van der Waals surface area contributed by atoms with Gasteiger partial charge in [-0.05, 0) is 43.9 Å². The highest BCUT2D eigenvalue weighted by Crippen LogP contribution is 2.34. The molecule has 3 aliphatic rings. The maximum atomic E-state index is 12.6. The van der Waals surface area contributed by atoms with Crippen LogP contribution in [0.1, 0.15) is 36.0 Å². The summed E-state index contributed by atoms with van der Waals surface area (Å²) in [4.78, 5) is 25.5. The predicted molar refractivity (Wildman–Crippen MR) is 89.0 cm³/mol. The molecule has 1 spiro atoms. The van der Waals surface area contributed by atoms with E-state index in [1.54, 1.807) is 30.2 Å². The number of carbonyl (C=O) groups excluding carboxylic acids is 2. The zero-order valence-electron chi connectivity index (χ0n) is 14.2. The van der Waals surface area contributed by atoms with Crippen LogP contribution in [0.3, 0.4) is 0 Å². The molecule has 2 amide bonds. The molecule has 1 N–H and O–H groups in total. The summed E-state index contributed by atoms with van der Waals surface area (Å²) >= 11 is 0. The normalized spacial score (nSPS) is 21.6. The Bertz CT molecular complexity index is 693. The minimum absolute atomic E-state index is 0.0979. The highest BCUT2D eigenvalue weighted by atomic mass is 16.6. The van der Waals surface area contributed by atoms with E-state index in [1.807, 2.05) is 0 Å². The lowest BCUT2D eigenvalue weighted by Gasteiger charge is -2.45. The second-order valence-corrected chi connectivity index (χ2v) is 6.98. The van der Waals surface area contributed by atoms with Gasteiger partial charge in [-0.2, -0.15) is 0 Å². The number of alkyl carbamates (subject to hydrolysis) is 1. The predicted octanol–water partition coefficient (Wildman–Crippen LogP) is 1.95. The van der Waals surface area contributed by atoms with Crippen LogP contribution in [0.25, 0.3) is 0 Å². The molecule has 3 fully saturated rings. The summed E-state index contributed by atoms with van der Waals surface area (Å²) in [5.74, 6) is 1.15. The fourth-order valence-electron chi connectivity index (χ4n) is 3.74. The van der Waals surface area contributed by atoms with Gasteiger partial charge in [0.25, 0.3) is 5.91 Å². The van der Waals surface area contributed by atoms with Crippen molar-refractivity contribution in [2.24, 2.45) is 0 Å². The number of nitrogens with zero attached hydrogens (tertiary/aromatic N) is 1. The van der Waals surface area contributed by atoms with E-state index in [9.17, 15) is 9.59 Å². The van der Waals surface area contributed by atoms with Crippen LogP contribution in [0.4, 0.5) is 4.79 Å². The molecule has 7 nitrogen and oxygen atoms in total. The first-order valence-corrected chi connectivity index (χ1v) is 8.69. The zero-order valence-corrected chi connectivity index (χ0v) is 14.2. The van der Waals surface area contributed by atoms with Crippen LogP contribution in [-0.4, -0.2) is 55.3 Å². The standard InChI is InChI=1S/C18H22N2O5/c1-23-15-8-12(6-7-14(15)24-13-4-2-3-5-13)16(21)20-10-18(11-20)9-19-17(22)25-18/h6-8,13H,2-5,9-11H2,1H3,(H,19,22). The summed E-state index contributed by atoms with van der Waals surface area (Å²) in [6.45, 7) is 1.27. The van der Waals surface area contributed by atoms with Gasteiger partial charge in [-0.25, -0.2) is 4.79 Å². The van der Waals surface area contributed by atoms with Gasteiger partial charge in [0.15, 0.2) is 17.1 Å². The van der Waals surface area contributed by atoms with Crippen molar-refractivity contribution in [1.82, 2.24) is 10.2 Å². The molecule has 0 unspecified atom stereocenters. The van der Waals surface area contributed by atoms with Crippen molar-refractivity contribution in [3.8, 4) is 11.5 Å². The summed E-state index contributed by atoms with van der Waals surface area (Å²) in [5.41, 5.74) is -0.00900. The van der Waals surface area contributed by atoms with Gasteiger partial charge in [0.2, 0.25) is 0 Å². The molecule has 0 bridgehead atoms. The van der Waals surface area contributed by atoms with Crippen LogP contribution in [0, 0.1) is 0 Å². The Labute approximate surface area is 146 Å². The number of nitrogens with one attached hydrogen (secondary N) is 1. The molecule has 0 aromatic heterocycles. The van der Waals surface area contributed by atoms with Crippen LogP contribution in [0.2, 0.25) is 0 Å². The summed E-state index contributed by atoms with van der Waals surface area (Å²) in [6, 6.07) is 5.28. The number of hydrogen-bond donors (Lipinski definition) is 1. The van der Waals surface area contributed by atoms with Crippen molar-refractivity contribution >= 4 is 12.0 Å². The number of benzene rings is 1. The number of methoxy groups -OCH3 is 1. The van der Waals surface area contributed by atoms with Crippen molar-refractivity contribution in [3.05, 3.63) is 23.8 Å². The highest BCUT2D eigenvalue weighted by Gasteiger charge is 2.52. The Morgan fingerprint density at radius 3 is 2.68 bits per heavy atom. The fraction of sp³-hybridized carbons (Fsp3) is 0.556. The van der Waals surface area contributed by atoms with Crippen LogP contribution in [0.5, 0.6) is 11.5 Å². The average Bonchev–Trinajstić information content (AvgIpc) is 3.23. The van der Waals surface area contributed by atoms with Crippen molar-refractivity contribution in [2.75, 3.05) is 26.7 Å². The summed E-state index contributed by atoms with van der Waals surface area (Å²) < 4.78 is 16.7. The molecule has 1 saturated carbocycles. The monoisotopic (exact) mass is 346 g/mol. The maximum absolute atomic E-state index is 12.6. The summed E-state index contributed by atoms with van der Waals surface area (Å²) in [7, 11) is 1.58. The number of rotatable bonds is 4. The largest absolute Gasteiger partial charge is 0.493 e. The highest BCUT2D eigenvalue weighted by molar-refractivity contribution is 5.95. The molecule has 134 valence electrons. The number of ether oxygens (including phenoxy) is 3. The van der Waals surface area contributed by atoms with Gasteiger partial charge in [-0.1, -0.05) is 0 Å². The van der Waals surface area contributed by atoms with Gasteiger partial charge < -0.3 is 24.4 Å². The molecule has 0 radical (unpaired) electrons. The first-order chi connectivity index (χ1) is 12.1. The smallest absolute Gasteiger partial charge is 0.408 e. The molecule has 25 heavy (non-hydrogen) atoms. The molecular formula is C18H22N2O5. The van der Waals surface area contributed by atoms with E-state index < -0.39 is 11.7 Å². The second kappa shape index (κ2) is 6.13. The molecule has 2 aliphatic heterocycles. The van der Waals surface area contributed by atoms with E-state index in [1.165, 1.54) is 12.8 Å². The van der Waals surface area contributed by atoms with E-state index in [0.717, 1.165) is 12.8 Å². The van der Waals surface area contributed by atoms with Crippen LogP contribution in [-0.2, 0) is 4.74 Å². The van der Waals surface area contributed by atoms with E-state index in [0.29, 0.717) is 36.7 Å². The van der Waals surface area contributed by atoms with E-state index in [-0.39, 0.29) is 12.0 Å². The van der Waals surface area contributed by atoms with E-state index in [2.05, 4.69) is 5.32 Å². The van der Waals surface area contributed by atoms with Crippen molar-refractivity contribution in [1.29, 1.82) is 0 Å². The lowest BCUT2D eigenvalue weighted by atomic mass is 9.93. The van der Waals surface area contributed by atoms with Crippen LogP contribution < -0.4 is 14.8 Å². The molecule has 7 heteroatoms. The minimum atomic E-state index is -0.553. The Balaban J connectivity index is 1.43. The molecule has 1 aliphatic carbocycles. The van der Waals surface area contributed by atoms with Crippen molar-refractivity contribution in [2.45, 2.75) is 37.4 Å². The van der Waals surface area contributed by atoms with Crippen molar-refractivity contribution < 1.29 is 23.8 Å². The minimum Gasteiger partial charge on any atom is -0.493 e. The molecule has 2 heterocycles. The fourth-order valence-corrected chi connectivity index (χ4v) is 3.74. The SMILES string of the molecule is COc1cc(C(=O)N2CC3(CNC(=O)O3)C2)ccc1OC1CCCC1. The molecule has 1 aromatic carbocycles. The Hall–Kier alpha value is -2.44. The van der Waals surface area contributed by atoms with Gasteiger partial charge in [-0.15, -0.1) is 0 Å². The van der Waals surface area contributed by atoms with Gasteiger partial charge in [-0.3, -0.25) is 4.79 Å². The number of carbonyl (C=O) groups is 2. The topological polar surface area (TPSA) is 77.1 Å². The quantitative estimate of drug-likeness (QED) is 0.902. The molecule has 4 rings (SSSR count). The average molecular weight is 346 g/mol. The third-order valence-electron chi connectivity index (χ3n) is 5.12. The zero-order chi connectivity index (χ0) is 17.4. The summed E-state index contributed by atoms with van der Waals surface area (Å²) in [5, 5.41) is 2.64. The third kappa shape index (κ3) is 2.99. The number of amides is 2. The Kier molecular flexibility index (Phi) is 3.94. The first-order valence-electron chi connectivity index (χ1n) is 8.69. The Morgan fingerprint density at radius 1 is 1.28 bits per heavy atom. The summed E-state index contributed by atoms with van der Waals surface area (Å²) in [6.07, 6.45) is 4.33. The van der Waals surface area contributed by atoms with Gasteiger partial charge >= 0.3 is 6.09 Å². The van der Waals surface area contributed by atoms with Crippen LogP contribution >= 0.6 is 0 Å². The van der Waals surface area contributed by atoms with Crippen LogP contribution in [0.15, 0.2) is 18.2 Å². The number of likely N-dealkylation sites (tertiary alicyclic amines) is 1. The molecule has 2 saturated heterocycles. The van der Waals surface area contributed by atoms with E-state index >= 15 is 0 Å². The Morgan fingerprint density at radius 2 is 2.04 bits per heavy atom. The molecule has 0 atom stereocenters. The third-order valence-corrected chi connectivity index (χ3v) is 5.12. The lowest BCUT2D eigenvalue weighted by molar-refractivity contribution is -0.0575. The number of hydrogen-bond acceptors (Lipinski definition) is 5. The van der Waals surface area contributed by atoms with Gasteiger partial charge in [0.05, 0.1) is 32.8 Å². The van der Waals surface area contributed by atoms with Gasteiger partial charge in [0, 0.05) is 5.56 Å². The molecule has 1 aromatic rings. The van der Waals surface area contributed by atoms with E-state index in [4.69, 9.17) is 14.2 Å². The second-order valence-electron chi connectivity index (χ2n) is 6.98.